The highest BCUT2D eigenvalue weighted by atomic mass is 35.5. The van der Waals surface area contributed by atoms with E-state index in [0.717, 1.165) is 24.5 Å². The average Bonchev–Trinajstić information content (AvgIpc) is 3.32. The summed E-state index contributed by atoms with van der Waals surface area (Å²) in [5.74, 6) is 0.800. The van der Waals surface area contributed by atoms with Gasteiger partial charge in [-0.05, 0) is 55.7 Å². The standard InChI is InChI=1S/C23H24ClN3O3S/c1-29-22-11-16(5-8-21(22)30-13-18-14-31-15-25-18)23(28)26-17-6-7-20(19(24)12-17)27-9-3-2-4-10-27/h5-8,11-12,14-15H,2-4,9-10,13H2,1H3,(H,26,28). The Kier molecular flexibility index (Phi) is 6.94. The number of amides is 1. The van der Waals surface area contributed by atoms with Gasteiger partial charge in [0.2, 0.25) is 0 Å². The quantitative estimate of drug-likeness (QED) is 0.498. The number of halogens is 1. The van der Waals surface area contributed by atoms with Gasteiger partial charge in [0.05, 0.1) is 29.0 Å². The Balaban J connectivity index is 1.43. The molecule has 1 aromatic heterocycles. The van der Waals surface area contributed by atoms with Crippen LogP contribution in [0.5, 0.6) is 11.5 Å². The molecule has 4 rings (SSSR count). The fraction of sp³-hybridized carbons (Fsp3) is 0.304. The van der Waals surface area contributed by atoms with Gasteiger partial charge >= 0.3 is 0 Å². The summed E-state index contributed by atoms with van der Waals surface area (Å²) in [6.07, 6.45) is 3.63. The van der Waals surface area contributed by atoms with Gasteiger partial charge in [-0.1, -0.05) is 11.6 Å². The van der Waals surface area contributed by atoms with E-state index in [-0.39, 0.29) is 5.91 Å². The minimum absolute atomic E-state index is 0.244. The SMILES string of the molecule is COc1cc(C(=O)Nc2ccc(N3CCCCC3)c(Cl)c2)ccc1OCc1cscn1. The molecular formula is C23H24ClN3O3S. The molecule has 0 atom stereocenters. The van der Waals surface area contributed by atoms with E-state index in [1.165, 1.54) is 30.6 Å². The molecule has 2 aromatic carbocycles. The molecule has 6 nitrogen and oxygen atoms in total. The molecule has 1 saturated heterocycles. The number of thiazole rings is 1. The summed E-state index contributed by atoms with van der Waals surface area (Å²) in [5.41, 5.74) is 4.74. The zero-order valence-corrected chi connectivity index (χ0v) is 18.8. The molecule has 2 heterocycles. The molecule has 0 saturated carbocycles. The predicted molar refractivity (Wildman–Crippen MR) is 125 cm³/mol. The summed E-state index contributed by atoms with van der Waals surface area (Å²) in [5, 5.41) is 5.48. The van der Waals surface area contributed by atoms with Crippen molar-refractivity contribution >= 4 is 40.2 Å². The van der Waals surface area contributed by atoms with Gasteiger partial charge in [0.15, 0.2) is 11.5 Å². The number of nitrogens with zero attached hydrogens (tertiary/aromatic N) is 2. The number of benzene rings is 2. The van der Waals surface area contributed by atoms with Gasteiger partial charge < -0.3 is 19.7 Å². The molecule has 0 aliphatic carbocycles. The lowest BCUT2D eigenvalue weighted by Gasteiger charge is -2.29. The maximum atomic E-state index is 12.8. The van der Waals surface area contributed by atoms with E-state index in [2.05, 4.69) is 15.2 Å². The summed E-state index contributed by atoms with van der Waals surface area (Å²) in [4.78, 5) is 19.3. The topological polar surface area (TPSA) is 63.7 Å². The summed E-state index contributed by atoms with van der Waals surface area (Å²) in [7, 11) is 1.55. The third-order valence-corrected chi connectivity index (χ3v) is 6.13. The molecule has 0 bridgehead atoms. The lowest BCUT2D eigenvalue weighted by atomic mass is 10.1. The summed E-state index contributed by atoms with van der Waals surface area (Å²) < 4.78 is 11.2. The number of carbonyl (C=O) groups excluding carboxylic acids is 1. The number of ether oxygens (including phenoxy) is 2. The zero-order chi connectivity index (χ0) is 21.6. The van der Waals surface area contributed by atoms with Gasteiger partial charge in [-0.25, -0.2) is 4.98 Å². The van der Waals surface area contributed by atoms with Crippen molar-refractivity contribution in [2.75, 3.05) is 30.4 Å². The largest absolute Gasteiger partial charge is 0.493 e. The highest BCUT2D eigenvalue weighted by molar-refractivity contribution is 7.07. The van der Waals surface area contributed by atoms with Crippen molar-refractivity contribution < 1.29 is 14.3 Å². The van der Waals surface area contributed by atoms with Gasteiger partial charge in [-0.15, -0.1) is 11.3 Å². The van der Waals surface area contributed by atoms with Crippen LogP contribution in [0.25, 0.3) is 0 Å². The number of hydrogen-bond donors (Lipinski definition) is 1. The van der Waals surface area contributed by atoms with E-state index in [0.29, 0.717) is 34.4 Å². The molecule has 0 radical (unpaired) electrons. The van der Waals surface area contributed by atoms with Crippen LogP contribution >= 0.6 is 22.9 Å². The average molecular weight is 458 g/mol. The van der Waals surface area contributed by atoms with Crippen molar-refractivity contribution in [3.63, 3.8) is 0 Å². The zero-order valence-electron chi connectivity index (χ0n) is 17.3. The van der Waals surface area contributed by atoms with Crippen LogP contribution < -0.4 is 19.7 Å². The molecule has 3 aromatic rings. The van der Waals surface area contributed by atoms with Crippen molar-refractivity contribution in [1.29, 1.82) is 0 Å². The minimum Gasteiger partial charge on any atom is -0.493 e. The van der Waals surface area contributed by atoms with Crippen LogP contribution in [0.15, 0.2) is 47.3 Å². The summed E-state index contributed by atoms with van der Waals surface area (Å²) >= 11 is 8.02. The van der Waals surface area contributed by atoms with Gasteiger partial charge in [0.1, 0.15) is 6.61 Å². The number of carbonyl (C=O) groups is 1. The predicted octanol–water partition coefficient (Wildman–Crippen LogP) is 5.63. The first-order valence-corrected chi connectivity index (χ1v) is 11.5. The molecule has 1 N–H and O–H groups in total. The number of nitrogens with one attached hydrogen (secondary N) is 1. The molecule has 1 amide bonds. The Labute approximate surface area is 190 Å². The second-order valence-corrected chi connectivity index (χ2v) is 8.43. The Morgan fingerprint density at radius 2 is 2.00 bits per heavy atom. The molecule has 1 aliphatic heterocycles. The van der Waals surface area contributed by atoms with Gasteiger partial charge in [0.25, 0.3) is 5.91 Å². The third kappa shape index (κ3) is 5.29. The first-order chi connectivity index (χ1) is 15.1. The molecule has 1 aliphatic rings. The molecule has 31 heavy (non-hydrogen) atoms. The minimum atomic E-state index is -0.244. The maximum Gasteiger partial charge on any atom is 0.255 e. The van der Waals surface area contributed by atoms with Crippen LogP contribution in [0.1, 0.15) is 35.3 Å². The third-order valence-electron chi connectivity index (χ3n) is 5.19. The lowest BCUT2D eigenvalue weighted by Crippen LogP contribution is -2.29. The summed E-state index contributed by atoms with van der Waals surface area (Å²) in [6.45, 7) is 2.37. The molecule has 0 spiro atoms. The van der Waals surface area contributed by atoms with Gasteiger partial charge in [-0.2, -0.15) is 0 Å². The summed E-state index contributed by atoms with van der Waals surface area (Å²) in [6, 6.07) is 10.8. The fourth-order valence-corrected chi connectivity index (χ4v) is 4.41. The highest BCUT2D eigenvalue weighted by Gasteiger charge is 2.16. The van der Waals surface area contributed by atoms with Crippen LogP contribution in [0, 0.1) is 0 Å². The van der Waals surface area contributed by atoms with E-state index in [1.54, 1.807) is 36.9 Å². The van der Waals surface area contributed by atoms with Gasteiger partial charge in [-0.3, -0.25) is 4.79 Å². The molecule has 8 heteroatoms. The van der Waals surface area contributed by atoms with Crippen molar-refractivity contribution in [2.45, 2.75) is 25.9 Å². The molecular weight excluding hydrogens is 434 g/mol. The Hall–Kier alpha value is -2.77. The lowest BCUT2D eigenvalue weighted by molar-refractivity contribution is 0.102. The molecule has 0 unspecified atom stereocenters. The van der Waals surface area contributed by atoms with E-state index in [9.17, 15) is 4.79 Å². The van der Waals surface area contributed by atoms with Crippen LogP contribution in [0.3, 0.4) is 0 Å². The van der Waals surface area contributed by atoms with Crippen molar-refractivity contribution in [2.24, 2.45) is 0 Å². The second-order valence-electron chi connectivity index (χ2n) is 7.30. The number of methoxy groups -OCH3 is 1. The number of rotatable bonds is 7. The van der Waals surface area contributed by atoms with Crippen LogP contribution in [0.2, 0.25) is 5.02 Å². The molecule has 162 valence electrons. The van der Waals surface area contributed by atoms with Crippen LogP contribution in [0.4, 0.5) is 11.4 Å². The van der Waals surface area contributed by atoms with E-state index in [4.69, 9.17) is 21.1 Å². The fourth-order valence-electron chi connectivity index (χ4n) is 3.57. The molecule has 1 fully saturated rings. The number of anilines is 2. The number of hydrogen-bond acceptors (Lipinski definition) is 6. The Morgan fingerprint density at radius 1 is 1.16 bits per heavy atom. The van der Waals surface area contributed by atoms with E-state index in [1.807, 2.05) is 17.5 Å². The van der Waals surface area contributed by atoms with Gasteiger partial charge in [0, 0.05) is 29.7 Å². The Bertz CT molecular complexity index is 1040. The van der Waals surface area contributed by atoms with Crippen LogP contribution in [-0.2, 0) is 6.61 Å². The number of aromatic nitrogens is 1. The number of piperidine rings is 1. The van der Waals surface area contributed by atoms with Crippen molar-refractivity contribution in [1.82, 2.24) is 4.98 Å². The first-order valence-electron chi connectivity index (χ1n) is 10.2. The smallest absolute Gasteiger partial charge is 0.255 e. The normalized spacial score (nSPS) is 13.7. The van der Waals surface area contributed by atoms with E-state index >= 15 is 0 Å². The van der Waals surface area contributed by atoms with Crippen LogP contribution in [-0.4, -0.2) is 31.1 Å². The van der Waals surface area contributed by atoms with Crippen molar-refractivity contribution in [3.8, 4) is 11.5 Å². The van der Waals surface area contributed by atoms with E-state index < -0.39 is 0 Å². The monoisotopic (exact) mass is 457 g/mol. The highest BCUT2D eigenvalue weighted by Crippen LogP contribution is 2.32. The maximum absolute atomic E-state index is 12.8. The van der Waals surface area contributed by atoms with Crippen molar-refractivity contribution in [3.05, 3.63) is 63.6 Å². The Morgan fingerprint density at radius 3 is 2.71 bits per heavy atom. The second kappa shape index (κ2) is 10.0. The first kappa shape index (κ1) is 21.5.